The monoisotopic (exact) mass is 320 g/mol. The van der Waals surface area contributed by atoms with E-state index in [1.54, 1.807) is 24.4 Å². The molecule has 0 saturated carbocycles. The number of carbonyl (C=O) groups excluding carboxylic acids is 1. The van der Waals surface area contributed by atoms with Crippen molar-refractivity contribution in [2.24, 2.45) is 4.99 Å². The smallest absolute Gasteiger partial charge is 0.253 e. The summed E-state index contributed by atoms with van der Waals surface area (Å²) < 4.78 is 14.5. The van der Waals surface area contributed by atoms with Crippen molar-refractivity contribution in [1.29, 1.82) is 0 Å². The van der Waals surface area contributed by atoms with Gasteiger partial charge in [0.15, 0.2) is 0 Å². The Morgan fingerprint density at radius 2 is 2.17 bits per heavy atom. The third-order valence-corrected chi connectivity index (χ3v) is 3.96. The van der Waals surface area contributed by atoms with Crippen LogP contribution in [0.2, 0.25) is 0 Å². The lowest BCUT2D eigenvalue weighted by atomic mass is 9.94. The molecule has 126 valence electrons. The summed E-state index contributed by atoms with van der Waals surface area (Å²) in [5.41, 5.74) is 6.14. The van der Waals surface area contributed by atoms with Gasteiger partial charge in [0.2, 0.25) is 0 Å². The number of rotatable bonds is 5. The summed E-state index contributed by atoms with van der Waals surface area (Å²) in [6.07, 6.45) is 2.48. The Balaban J connectivity index is 2.06. The van der Waals surface area contributed by atoms with Gasteiger partial charge in [0, 0.05) is 17.8 Å². The summed E-state index contributed by atoms with van der Waals surface area (Å²) in [7, 11) is 0. The SMILES string of the molecule is CC(C)N=Cc1cccc(C(=O)NCC2(F)CCNCC2)c1N. The molecule has 1 heterocycles. The maximum atomic E-state index is 14.5. The number of halogens is 1. The molecule has 6 heteroatoms. The second kappa shape index (κ2) is 7.55. The fraction of sp³-hybridized carbons (Fsp3) is 0.529. The molecular formula is C17H25FN4O. The lowest BCUT2D eigenvalue weighted by Crippen LogP contribution is -2.46. The molecule has 0 radical (unpaired) electrons. The van der Waals surface area contributed by atoms with Gasteiger partial charge in [0.05, 0.1) is 17.8 Å². The number of nitrogen functional groups attached to an aromatic ring is 1. The number of benzene rings is 1. The molecule has 1 aromatic carbocycles. The van der Waals surface area contributed by atoms with Crippen molar-refractivity contribution in [3.8, 4) is 0 Å². The second-order valence-corrected chi connectivity index (χ2v) is 6.26. The molecule has 4 N–H and O–H groups in total. The molecule has 1 aromatic rings. The molecule has 5 nitrogen and oxygen atoms in total. The Morgan fingerprint density at radius 3 is 2.83 bits per heavy atom. The van der Waals surface area contributed by atoms with Gasteiger partial charge >= 0.3 is 0 Å². The van der Waals surface area contributed by atoms with Gasteiger partial charge in [-0.25, -0.2) is 4.39 Å². The summed E-state index contributed by atoms with van der Waals surface area (Å²) in [6, 6.07) is 5.35. The van der Waals surface area contributed by atoms with Crippen molar-refractivity contribution in [2.45, 2.75) is 38.4 Å². The topological polar surface area (TPSA) is 79.5 Å². The number of anilines is 1. The van der Waals surface area contributed by atoms with Gasteiger partial charge in [-0.15, -0.1) is 0 Å². The summed E-state index contributed by atoms with van der Waals surface area (Å²) in [4.78, 5) is 16.6. The first-order chi connectivity index (χ1) is 10.9. The fourth-order valence-electron chi connectivity index (χ4n) is 2.51. The van der Waals surface area contributed by atoms with Crippen LogP contribution in [0.25, 0.3) is 0 Å². The van der Waals surface area contributed by atoms with Crippen molar-refractivity contribution in [3.05, 3.63) is 29.3 Å². The van der Waals surface area contributed by atoms with E-state index >= 15 is 0 Å². The third kappa shape index (κ3) is 4.76. The highest BCUT2D eigenvalue weighted by Gasteiger charge is 2.32. The number of alkyl halides is 1. The lowest BCUT2D eigenvalue weighted by Gasteiger charge is -2.30. The molecule has 23 heavy (non-hydrogen) atoms. The zero-order valence-electron chi connectivity index (χ0n) is 13.7. The van der Waals surface area contributed by atoms with E-state index in [1.165, 1.54) is 0 Å². The number of nitrogens with zero attached hydrogens (tertiary/aromatic N) is 1. The van der Waals surface area contributed by atoms with Crippen LogP contribution >= 0.6 is 0 Å². The molecule has 1 fully saturated rings. The first kappa shape index (κ1) is 17.4. The maximum absolute atomic E-state index is 14.5. The van der Waals surface area contributed by atoms with Crippen molar-refractivity contribution in [3.63, 3.8) is 0 Å². The molecule has 0 aromatic heterocycles. The highest BCUT2D eigenvalue weighted by atomic mass is 19.1. The predicted molar refractivity (Wildman–Crippen MR) is 91.9 cm³/mol. The van der Waals surface area contributed by atoms with Crippen molar-refractivity contribution in [1.82, 2.24) is 10.6 Å². The molecule has 1 amide bonds. The van der Waals surface area contributed by atoms with Crippen LogP contribution in [-0.4, -0.2) is 43.5 Å². The molecule has 0 spiro atoms. The van der Waals surface area contributed by atoms with Crippen LogP contribution in [0.3, 0.4) is 0 Å². The van der Waals surface area contributed by atoms with Crippen molar-refractivity contribution >= 4 is 17.8 Å². The zero-order chi connectivity index (χ0) is 16.9. The number of hydrogen-bond donors (Lipinski definition) is 3. The largest absolute Gasteiger partial charge is 0.398 e. The zero-order valence-corrected chi connectivity index (χ0v) is 13.7. The van der Waals surface area contributed by atoms with Crippen LogP contribution < -0.4 is 16.4 Å². The van der Waals surface area contributed by atoms with Gasteiger partial charge in [-0.1, -0.05) is 12.1 Å². The van der Waals surface area contributed by atoms with Gasteiger partial charge in [-0.2, -0.15) is 0 Å². The summed E-state index contributed by atoms with van der Waals surface area (Å²) >= 11 is 0. The number of hydrogen-bond acceptors (Lipinski definition) is 4. The predicted octanol–water partition coefficient (Wildman–Crippen LogP) is 1.92. The van der Waals surface area contributed by atoms with Gasteiger partial charge in [0.25, 0.3) is 5.91 Å². The first-order valence-electron chi connectivity index (χ1n) is 8.01. The Bertz CT molecular complexity index is 580. The van der Waals surface area contributed by atoms with E-state index in [0.29, 0.717) is 42.7 Å². The van der Waals surface area contributed by atoms with Crippen LogP contribution in [0.15, 0.2) is 23.2 Å². The Morgan fingerprint density at radius 1 is 1.48 bits per heavy atom. The van der Waals surface area contributed by atoms with Crippen LogP contribution in [0.1, 0.15) is 42.6 Å². The molecule has 0 unspecified atom stereocenters. The number of carbonyl (C=O) groups is 1. The minimum Gasteiger partial charge on any atom is -0.398 e. The van der Waals surface area contributed by atoms with E-state index < -0.39 is 5.67 Å². The van der Waals surface area contributed by atoms with Crippen molar-refractivity contribution < 1.29 is 9.18 Å². The minimum atomic E-state index is -1.34. The van der Waals surface area contributed by atoms with Crippen molar-refractivity contribution in [2.75, 3.05) is 25.4 Å². The first-order valence-corrected chi connectivity index (χ1v) is 8.01. The van der Waals surface area contributed by atoms with Crippen LogP contribution in [0, 0.1) is 0 Å². The molecule has 1 aliphatic rings. The highest BCUT2D eigenvalue weighted by Crippen LogP contribution is 2.23. The number of para-hydroxylation sites is 1. The van der Waals surface area contributed by atoms with E-state index in [9.17, 15) is 9.18 Å². The Kier molecular flexibility index (Phi) is 5.71. The number of amides is 1. The Hall–Kier alpha value is -1.95. The fourth-order valence-corrected chi connectivity index (χ4v) is 2.51. The van der Waals surface area contributed by atoms with Gasteiger partial charge in [-0.05, 0) is 45.8 Å². The van der Waals surface area contributed by atoms with Gasteiger partial charge in [-0.3, -0.25) is 9.79 Å². The van der Waals surface area contributed by atoms with Gasteiger partial charge < -0.3 is 16.4 Å². The van der Waals surface area contributed by atoms with E-state index in [4.69, 9.17) is 5.73 Å². The van der Waals surface area contributed by atoms with E-state index in [1.807, 2.05) is 13.8 Å². The minimum absolute atomic E-state index is 0.0112. The highest BCUT2D eigenvalue weighted by molar-refractivity contribution is 6.03. The molecule has 1 aliphatic heterocycles. The third-order valence-electron chi connectivity index (χ3n) is 3.96. The Labute approximate surface area is 136 Å². The van der Waals surface area contributed by atoms with E-state index in [2.05, 4.69) is 15.6 Å². The summed E-state index contributed by atoms with van der Waals surface area (Å²) in [6.45, 7) is 5.20. The molecule has 0 atom stereocenters. The molecule has 0 bridgehead atoms. The number of aliphatic imine (C=N–C) groups is 1. The summed E-state index contributed by atoms with van der Waals surface area (Å²) in [5, 5.41) is 5.79. The lowest BCUT2D eigenvalue weighted by molar-refractivity contribution is 0.0838. The van der Waals surface area contributed by atoms with Crippen LogP contribution in [-0.2, 0) is 0 Å². The number of piperidine rings is 1. The standard InChI is InChI=1S/C17H25FN4O/c1-12(2)21-10-13-4-3-5-14(15(13)19)16(23)22-11-17(18)6-8-20-9-7-17/h3-5,10,12,20H,6-9,11,19H2,1-2H3,(H,22,23). The summed E-state index contributed by atoms with van der Waals surface area (Å²) in [5.74, 6) is -0.349. The molecule has 2 rings (SSSR count). The quantitative estimate of drug-likeness (QED) is 0.573. The van der Waals surface area contributed by atoms with Crippen LogP contribution in [0.5, 0.6) is 0 Å². The van der Waals surface area contributed by atoms with E-state index in [-0.39, 0.29) is 18.5 Å². The maximum Gasteiger partial charge on any atom is 0.253 e. The number of nitrogens with one attached hydrogen (secondary N) is 2. The van der Waals surface area contributed by atoms with Gasteiger partial charge in [0.1, 0.15) is 5.67 Å². The number of nitrogens with two attached hydrogens (primary N) is 1. The van der Waals surface area contributed by atoms with E-state index in [0.717, 1.165) is 0 Å². The average molecular weight is 320 g/mol. The average Bonchev–Trinajstić information content (AvgIpc) is 2.52. The second-order valence-electron chi connectivity index (χ2n) is 6.26. The normalized spacial score (nSPS) is 17.6. The van der Waals surface area contributed by atoms with Crippen LogP contribution in [0.4, 0.5) is 10.1 Å². The molecule has 1 saturated heterocycles. The molecule has 0 aliphatic carbocycles. The molecular weight excluding hydrogens is 295 g/mol.